The number of esters is 1. The first-order valence-corrected chi connectivity index (χ1v) is 21.7. The minimum Gasteiger partial charge on any atom is -0.496 e. The molecule has 55 heavy (non-hydrogen) atoms. The summed E-state index contributed by atoms with van der Waals surface area (Å²) in [5.74, 6) is -0.861. The predicted octanol–water partition coefficient (Wildman–Crippen LogP) is 5.44. The number of fused-ring (bicyclic) bond motifs is 4. The Balaban J connectivity index is 1.25. The first-order valence-electron chi connectivity index (χ1n) is 20.2. The minimum absolute atomic E-state index is 0.0889. The van der Waals surface area contributed by atoms with Gasteiger partial charge in [-0.15, -0.1) is 0 Å². The summed E-state index contributed by atoms with van der Waals surface area (Å²) >= 11 is 0. The monoisotopic (exact) mass is 781 g/mol. The molecule has 300 valence electrons. The van der Waals surface area contributed by atoms with Crippen LogP contribution >= 0.6 is 0 Å². The van der Waals surface area contributed by atoms with E-state index in [-0.39, 0.29) is 55.9 Å². The van der Waals surface area contributed by atoms with Crippen LogP contribution in [0.4, 0.5) is 0 Å². The molecule has 0 spiro atoms. The van der Waals surface area contributed by atoms with E-state index in [1.807, 2.05) is 19.1 Å². The predicted molar refractivity (Wildman–Crippen MR) is 203 cm³/mol. The highest BCUT2D eigenvalue weighted by Gasteiger charge is 2.62. The Morgan fingerprint density at radius 2 is 1.73 bits per heavy atom. The third kappa shape index (κ3) is 8.73. The lowest BCUT2D eigenvalue weighted by Crippen LogP contribution is -2.46. The van der Waals surface area contributed by atoms with Crippen LogP contribution in [0.15, 0.2) is 18.2 Å². The third-order valence-electron chi connectivity index (χ3n) is 12.5. The molecule has 1 aromatic carbocycles. The fraction of sp³-hybridized carbons (Fsp3) is 0.683. The third-order valence-corrected chi connectivity index (χ3v) is 14.3. The van der Waals surface area contributed by atoms with Gasteiger partial charge >= 0.3 is 5.97 Å². The highest BCUT2D eigenvalue weighted by molar-refractivity contribution is 7.90. The molecule has 14 heteroatoms. The van der Waals surface area contributed by atoms with Crippen molar-refractivity contribution in [1.29, 1.82) is 0 Å². The second-order valence-corrected chi connectivity index (χ2v) is 18.6. The van der Waals surface area contributed by atoms with Gasteiger partial charge < -0.3 is 23.8 Å². The Morgan fingerprint density at radius 1 is 0.964 bits per heavy atom. The molecule has 1 aromatic heterocycles. The Hall–Kier alpha value is -3.94. The molecule has 2 aliphatic carbocycles. The summed E-state index contributed by atoms with van der Waals surface area (Å²) in [5.41, 5.74) is 0.428. The van der Waals surface area contributed by atoms with Gasteiger partial charge in [0.25, 0.3) is 0 Å². The molecule has 3 aliphatic heterocycles. The first kappa shape index (κ1) is 39.3. The topological polar surface area (TPSA) is 167 Å². The van der Waals surface area contributed by atoms with E-state index in [0.717, 1.165) is 62.3 Å². The van der Waals surface area contributed by atoms with Crippen molar-refractivity contribution in [3.8, 4) is 17.4 Å². The molecule has 2 amide bonds. The highest BCUT2D eigenvalue weighted by atomic mass is 32.2. The fourth-order valence-corrected chi connectivity index (χ4v) is 10.4. The van der Waals surface area contributed by atoms with E-state index >= 15 is 0 Å². The molecule has 5 bridgehead atoms. The molecule has 6 atom stereocenters. The van der Waals surface area contributed by atoms with E-state index in [1.165, 1.54) is 7.11 Å². The van der Waals surface area contributed by atoms with Crippen LogP contribution in [0.1, 0.15) is 109 Å². The van der Waals surface area contributed by atoms with Crippen molar-refractivity contribution in [3.05, 3.63) is 23.8 Å². The van der Waals surface area contributed by atoms with Crippen LogP contribution in [0.3, 0.4) is 0 Å². The van der Waals surface area contributed by atoms with E-state index in [0.29, 0.717) is 55.0 Å². The maximum absolute atomic E-state index is 14.7. The maximum Gasteiger partial charge on any atom is 0.306 e. The fourth-order valence-electron chi connectivity index (χ4n) is 8.98. The Morgan fingerprint density at radius 3 is 2.47 bits per heavy atom. The van der Waals surface area contributed by atoms with Crippen molar-refractivity contribution in [2.24, 2.45) is 23.2 Å². The number of sulfonamides is 1. The summed E-state index contributed by atoms with van der Waals surface area (Å²) in [6.45, 7) is 2.37. The molecule has 4 heterocycles. The van der Waals surface area contributed by atoms with Crippen LogP contribution in [-0.4, -0.2) is 86.6 Å². The van der Waals surface area contributed by atoms with E-state index in [1.54, 1.807) is 18.1 Å². The molecular formula is C41H55N3O10S. The molecule has 5 aliphatic rings. The number of ketones is 1. The molecular weight excluding hydrogens is 727 g/mol. The number of Topliss-reactive ketones (excluding diaryl/α,β-unsaturated/α-hetero) is 1. The van der Waals surface area contributed by atoms with Crippen LogP contribution in [-0.2, 0) is 40.4 Å². The quantitative estimate of drug-likeness (QED) is 0.384. The number of aryl methyl sites for hydroxylation is 1. The van der Waals surface area contributed by atoms with Gasteiger partial charge in [-0.3, -0.25) is 23.9 Å². The number of nitrogens with one attached hydrogen (secondary N) is 1. The number of amides is 2. The molecule has 2 saturated carbocycles. The summed E-state index contributed by atoms with van der Waals surface area (Å²) in [4.78, 5) is 62.7. The van der Waals surface area contributed by atoms with Gasteiger partial charge in [0.15, 0.2) is 5.78 Å². The van der Waals surface area contributed by atoms with E-state index in [4.69, 9.17) is 18.9 Å². The van der Waals surface area contributed by atoms with Gasteiger partial charge in [-0.05, 0) is 74.8 Å². The Labute approximate surface area is 323 Å². The molecule has 4 fully saturated rings. The van der Waals surface area contributed by atoms with Gasteiger partial charge in [0.05, 0.1) is 56.0 Å². The number of benzene rings is 1. The van der Waals surface area contributed by atoms with Crippen LogP contribution in [0.5, 0.6) is 17.4 Å². The average molecular weight is 782 g/mol. The van der Waals surface area contributed by atoms with Crippen LogP contribution in [0, 0.1) is 23.2 Å². The van der Waals surface area contributed by atoms with Crippen molar-refractivity contribution in [3.63, 3.8) is 0 Å². The number of hydrogen-bond acceptors (Lipinski definition) is 11. The van der Waals surface area contributed by atoms with E-state index < -0.39 is 50.6 Å². The van der Waals surface area contributed by atoms with Crippen molar-refractivity contribution in [2.45, 2.75) is 127 Å². The van der Waals surface area contributed by atoms with Gasteiger partial charge in [-0.2, -0.15) is 0 Å². The minimum atomic E-state index is -3.82. The summed E-state index contributed by atoms with van der Waals surface area (Å²) in [7, 11) is -0.679. The zero-order valence-corrected chi connectivity index (χ0v) is 33.1. The number of carbonyl (C=O) groups is 4. The standard InChI is InChI=1S/C41H55N3O10S/c1-25-10-9-12-26-16-31-32(19-35(26)51-2)42-37(52-3)20-36(31)54-29-18-33-34(45)22-41(40(48)43-55(49,50)30-14-15-30)21-28(41)13-8-6-4-5-7-11-27(17-38(46)53-24-25)39(47)44(33)23-29/h16,19-20,25,27-30,33H,4-15,17-18,21-24H2,1-3H3,(H,43,48)/t25-,27-,28+,29-,33+,41-/m1/s1. The van der Waals surface area contributed by atoms with Crippen molar-refractivity contribution in [2.75, 3.05) is 27.4 Å². The average Bonchev–Trinajstić information content (AvgIpc) is 4.09. The largest absolute Gasteiger partial charge is 0.496 e. The summed E-state index contributed by atoms with van der Waals surface area (Å²) in [6, 6.07) is 4.65. The number of carbonyl (C=O) groups excluding carboxylic acids is 4. The first-order chi connectivity index (χ1) is 26.4. The van der Waals surface area contributed by atoms with Crippen LogP contribution < -0.4 is 18.9 Å². The van der Waals surface area contributed by atoms with E-state index in [9.17, 15) is 27.6 Å². The lowest BCUT2D eigenvalue weighted by Gasteiger charge is -2.29. The van der Waals surface area contributed by atoms with Crippen molar-refractivity contribution < 1.29 is 46.5 Å². The highest BCUT2D eigenvalue weighted by Crippen LogP contribution is 2.59. The van der Waals surface area contributed by atoms with Gasteiger partial charge in [0.1, 0.15) is 17.6 Å². The number of methoxy groups -OCH3 is 2. The van der Waals surface area contributed by atoms with Gasteiger partial charge in [0, 0.05) is 36.3 Å². The number of ether oxygens (including phenoxy) is 4. The molecule has 2 aromatic rings. The summed E-state index contributed by atoms with van der Waals surface area (Å²) in [5, 5.41) is 0.169. The molecule has 7 rings (SSSR count). The molecule has 0 radical (unpaired) electrons. The number of cyclic esters (lactones) is 1. The number of hydrogen-bond donors (Lipinski definition) is 1. The van der Waals surface area contributed by atoms with E-state index in [2.05, 4.69) is 9.71 Å². The number of aromatic nitrogens is 1. The molecule has 0 unspecified atom stereocenters. The lowest BCUT2D eigenvalue weighted by molar-refractivity contribution is -0.151. The number of nitrogens with zero attached hydrogens (tertiary/aromatic N) is 2. The number of rotatable bonds is 5. The Bertz CT molecular complexity index is 1910. The maximum atomic E-state index is 14.7. The normalized spacial score (nSPS) is 29.9. The number of pyridine rings is 1. The lowest BCUT2D eigenvalue weighted by atomic mass is 9.90. The molecule has 1 N–H and O–H groups in total. The van der Waals surface area contributed by atoms with Crippen LogP contribution in [0.25, 0.3) is 10.9 Å². The van der Waals surface area contributed by atoms with Gasteiger partial charge in [-0.1, -0.05) is 39.0 Å². The van der Waals surface area contributed by atoms with Crippen LogP contribution in [0.2, 0.25) is 0 Å². The van der Waals surface area contributed by atoms with Gasteiger partial charge in [-0.25, -0.2) is 13.4 Å². The van der Waals surface area contributed by atoms with Crippen molar-refractivity contribution in [1.82, 2.24) is 14.6 Å². The van der Waals surface area contributed by atoms with Crippen molar-refractivity contribution >= 4 is 44.5 Å². The van der Waals surface area contributed by atoms with Gasteiger partial charge in [0.2, 0.25) is 27.7 Å². The SMILES string of the molecule is COc1cc2c3cc(c(OC)cc3n1)CCC[C@@H](C)COC(=O)C[C@H]1CCCCCCC[C@H]3C[C@@]3(C(=O)NS(=O)(=O)C3CC3)CC(=O)[C@@H]3C[C@H](CN3C1=O)O2. The summed E-state index contributed by atoms with van der Waals surface area (Å²) in [6.07, 6.45) is 8.64. The summed E-state index contributed by atoms with van der Waals surface area (Å²) < 4.78 is 51.9. The smallest absolute Gasteiger partial charge is 0.306 e. The second kappa shape index (κ2) is 16.3. The zero-order chi connectivity index (χ0) is 38.9. The molecule has 2 saturated heterocycles. The zero-order valence-electron chi connectivity index (χ0n) is 32.3. The molecule has 13 nitrogen and oxygen atoms in total. The second-order valence-electron chi connectivity index (χ2n) is 16.6. The Kier molecular flexibility index (Phi) is 11.6.